The molecule has 0 aliphatic carbocycles. The summed E-state index contributed by atoms with van der Waals surface area (Å²) < 4.78 is 19.7. The van der Waals surface area contributed by atoms with Crippen molar-refractivity contribution in [3.8, 4) is 11.1 Å². The number of likely N-dealkylation sites (tertiary alicyclic amines) is 1. The Balaban J connectivity index is 1.37. The van der Waals surface area contributed by atoms with Crippen molar-refractivity contribution in [2.45, 2.75) is 64.8 Å². The van der Waals surface area contributed by atoms with Crippen LogP contribution in [-0.2, 0) is 19.1 Å². The molecule has 2 fully saturated rings. The van der Waals surface area contributed by atoms with E-state index in [0.29, 0.717) is 18.1 Å². The number of nitrogens with zero attached hydrogens (tertiary/aromatic N) is 1. The van der Waals surface area contributed by atoms with Crippen LogP contribution in [0.25, 0.3) is 11.1 Å². The summed E-state index contributed by atoms with van der Waals surface area (Å²) in [7, 11) is 0. The monoisotopic (exact) mass is 582 g/mol. The van der Waals surface area contributed by atoms with E-state index < -0.39 is 47.4 Å². The highest BCUT2D eigenvalue weighted by Gasteiger charge is 2.44. The van der Waals surface area contributed by atoms with Gasteiger partial charge in [0.25, 0.3) is 0 Å². The third-order valence-electron chi connectivity index (χ3n) is 8.01. The van der Waals surface area contributed by atoms with Gasteiger partial charge in [0.15, 0.2) is 0 Å². The molecular weight excluding hydrogens is 539 g/mol. The summed E-state index contributed by atoms with van der Waals surface area (Å²) in [6.45, 7) is 9.60. The van der Waals surface area contributed by atoms with Gasteiger partial charge in [-0.3, -0.25) is 14.4 Å². The summed E-state index contributed by atoms with van der Waals surface area (Å²) in [5.41, 5.74) is 1.38. The number of carbonyl (C=O) groups is 3. The van der Waals surface area contributed by atoms with E-state index >= 15 is 0 Å². The minimum Gasteiger partial charge on any atom is -0.391 e. The Kier molecular flexibility index (Phi) is 10.3. The average molecular weight is 583 g/mol. The molecular formula is C32H43FN4O5. The highest BCUT2D eigenvalue weighted by atomic mass is 19.1. The van der Waals surface area contributed by atoms with Crippen molar-refractivity contribution in [2.75, 3.05) is 32.8 Å². The third-order valence-corrected chi connectivity index (χ3v) is 8.01. The molecule has 3 amide bonds. The maximum absolute atomic E-state index is 14.2. The first-order valence-corrected chi connectivity index (χ1v) is 14.7. The van der Waals surface area contributed by atoms with Crippen LogP contribution in [0.4, 0.5) is 4.39 Å². The Hall–Kier alpha value is -3.34. The lowest BCUT2D eigenvalue weighted by Crippen LogP contribution is -2.58. The van der Waals surface area contributed by atoms with Crippen LogP contribution in [0.2, 0.25) is 0 Å². The Labute approximate surface area is 247 Å². The number of nitrogens with one attached hydrogen (secondary N) is 3. The Bertz CT molecular complexity index is 1240. The van der Waals surface area contributed by atoms with Crippen molar-refractivity contribution < 1.29 is 28.6 Å². The molecule has 0 radical (unpaired) electrons. The zero-order valence-corrected chi connectivity index (χ0v) is 24.9. The highest BCUT2D eigenvalue weighted by molar-refractivity contribution is 5.93. The summed E-state index contributed by atoms with van der Waals surface area (Å²) in [5, 5.41) is 19.4. The Morgan fingerprint density at radius 3 is 2.40 bits per heavy atom. The van der Waals surface area contributed by atoms with Gasteiger partial charge in [0.05, 0.1) is 12.1 Å². The van der Waals surface area contributed by atoms with E-state index in [0.717, 1.165) is 30.6 Å². The van der Waals surface area contributed by atoms with Gasteiger partial charge in [-0.05, 0) is 55.0 Å². The normalized spacial score (nSPS) is 20.5. The van der Waals surface area contributed by atoms with Gasteiger partial charge in [0.2, 0.25) is 17.7 Å². The highest BCUT2D eigenvalue weighted by Crippen LogP contribution is 2.28. The molecule has 0 spiro atoms. The molecule has 4 atom stereocenters. The quantitative estimate of drug-likeness (QED) is 0.303. The minimum absolute atomic E-state index is 0.00296. The number of aliphatic hydroxyl groups excluding tert-OH is 1. The first kappa shape index (κ1) is 31.6. The largest absolute Gasteiger partial charge is 0.391 e. The van der Waals surface area contributed by atoms with Gasteiger partial charge in [-0.25, -0.2) is 4.39 Å². The van der Waals surface area contributed by atoms with Crippen molar-refractivity contribution in [1.29, 1.82) is 0 Å². The summed E-state index contributed by atoms with van der Waals surface area (Å²) in [6, 6.07) is 11.6. The third kappa shape index (κ3) is 7.93. The van der Waals surface area contributed by atoms with Crippen molar-refractivity contribution >= 4 is 17.7 Å². The molecule has 4 N–H and O–H groups in total. The topological polar surface area (TPSA) is 120 Å². The number of benzene rings is 2. The van der Waals surface area contributed by atoms with E-state index in [1.807, 2.05) is 39.8 Å². The van der Waals surface area contributed by atoms with Gasteiger partial charge >= 0.3 is 0 Å². The van der Waals surface area contributed by atoms with Crippen molar-refractivity contribution in [3.05, 3.63) is 59.9 Å². The maximum atomic E-state index is 14.2. The zero-order valence-electron chi connectivity index (χ0n) is 24.9. The SMILES string of the molecule is C[C@H](NC(=O)[C@@H]1C[C@@H](O)CN1C(=O)[C@@H](NC(=O)COCCC1CNC1)C(C)(C)C)c1ccc(-c2ccccc2F)cc1. The summed E-state index contributed by atoms with van der Waals surface area (Å²) in [4.78, 5) is 41.2. The molecule has 228 valence electrons. The number of carbonyl (C=O) groups excluding carboxylic acids is 3. The van der Waals surface area contributed by atoms with E-state index in [1.54, 1.807) is 30.3 Å². The molecule has 0 saturated carbocycles. The predicted molar refractivity (Wildman–Crippen MR) is 158 cm³/mol. The second-order valence-electron chi connectivity index (χ2n) is 12.5. The Morgan fingerprint density at radius 2 is 1.79 bits per heavy atom. The molecule has 2 aromatic carbocycles. The first-order valence-electron chi connectivity index (χ1n) is 14.7. The maximum Gasteiger partial charge on any atom is 0.246 e. The van der Waals surface area contributed by atoms with Gasteiger partial charge in [0, 0.05) is 25.1 Å². The van der Waals surface area contributed by atoms with Crippen LogP contribution in [0.1, 0.15) is 52.1 Å². The lowest BCUT2D eigenvalue weighted by Gasteiger charge is -2.35. The van der Waals surface area contributed by atoms with Crippen molar-refractivity contribution in [2.24, 2.45) is 11.3 Å². The van der Waals surface area contributed by atoms with Crippen LogP contribution >= 0.6 is 0 Å². The molecule has 2 aliphatic rings. The standard InChI is InChI=1S/C32H43FN4O5/c1-20(22-9-11-23(12-10-22)25-7-5-6-8-26(25)33)35-30(40)27-15-24(38)18-37(27)31(41)29(32(2,3)4)36-28(39)19-42-14-13-21-16-34-17-21/h5-12,20-21,24,27,29,34,38H,13-19H2,1-4H3,(H,35,40)(H,36,39)/t20-,24+,27-,29+/m0/s1. The number of hydrogen-bond acceptors (Lipinski definition) is 6. The minimum atomic E-state index is -0.909. The van der Waals surface area contributed by atoms with Crippen molar-refractivity contribution in [3.63, 3.8) is 0 Å². The second kappa shape index (κ2) is 13.8. The molecule has 0 aromatic heterocycles. The fourth-order valence-electron chi connectivity index (χ4n) is 5.33. The summed E-state index contributed by atoms with van der Waals surface area (Å²) >= 11 is 0. The molecule has 10 heteroatoms. The van der Waals surface area contributed by atoms with E-state index in [-0.39, 0.29) is 25.4 Å². The van der Waals surface area contributed by atoms with Gasteiger partial charge in [0.1, 0.15) is 24.5 Å². The number of rotatable bonds is 11. The van der Waals surface area contributed by atoms with E-state index in [1.165, 1.54) is 11.0 Å². The van der Waals surface area contributed by atoms with Gasteiger partial charge in [-0.1, -0.05) is 63.2 Å². The number of amides is 3. The lowest BCUT2D eigenvalue weighted by molar-refractivity contribution is -0.144. The number of hydrogen-bond donors (Lipinski definition) is 4. The zero-order chi connectivity index (χ0) is 30.4. The van der Waals surface area contributed by atoms with E-state index in [2.05, 4.69) is 16.0 Å². The average Bonchev–Trinajstić information content (AvgIpc) is 3.32. The number of aliphatic hydroxyl groups is 1. The molecule has 0 unspecified atom stereocenters. The molecule has 2 saturated heterocycles. The fraction of sp³-hybridized carbons (Fsp3) is 0.531. The van der Waals surface area contributed by atoms with Crippen LogP contribution in [-0.4, -0.2) is 78.8 Å². The number of halogens is 1. The van der Waals surface area contributed by atoms with Crippen LogP contribution in [0.15, 0.2) is 48.5 Å². The van der Waals surface area contributed by atoms with Gasteiger partial charge in [-0.2, -0.15) is 0 Å². The molecule has 4 rings (SSSR count). The van der Waals surface area contributed by atoms with Crippen LogP contribution in [0, 0.1) is 17.2 Å². The van der Waals surface area contributed by atoms with E-state index in [4.69, 9.17) is 4.74 Å². The fourth-order valence-corrected chi connectivity index (χ4v) is 5.33. The molecule has 42 heavy (non-hydrogen) atoms. The van der Waals surface area contributed by atoms with Gasteiger partial charge < -0.3 is 30.7 Å². The molecule has 2 aromatic rings. The van der Waals surface area contributed by atoms with Crippen molar-refractivity contribution in [1.82, 2.24) is 20.9 Å². The second-order valence-corrected chi connectivity index (χ2v) is 12.5. The van der Waals surface area contributed by atoms with Crippen LogP contribution in [0.3, 0.4) is 0 Å². The molecule has 2 aliphatic heterocycles. The number of β-amino-alcohol motifs (C(OH)–C–C–N with tert-alkyl or cyclic N) is 1. The number of ether oxygens (including phenoxy) is 1. The first-order chi connectivity index (χ1) is 19.9. The summed E-state index contributed by atoms with van der Waals surface area (Å²) in [5.74, 6) is -0.950. The predicted octanol–water partition coefficient (Wildman–Crippen LogP) is 2.79. The Morgan fingerprint density at radius 1 is 1.10 bits per heavy atom. The lowest BCUT2D eigenvalue weighted by atomic mass is 9.85. The van der Waals surface area contributed by atoms with E-state index in [9.17, 15) is 23.9 Å². The van der Waals surface area contributed by atoms with Crippen LogP contribution < -0.4 is 16.0 Å². The smallest absolute Gasteiger partial charge is 0.246 e. The van der Waals surface area contributed by atoms with Gasteiger partial charge in [-0.15, -0.1) is 0 Å². The molecule has 2 heterocycles. The van der Waals surface area contributed by atoms with Crippen LogP contribution in [0.5, 0.6) is 0 Å². The molecule has 0 bridgehead atoms. The molecule has 9 nitrogen and oxygen atoms in total. The summed E-state index contributed by atoms with van der Waals surface area (Å²) in [6.07, 6.45) is 0.111.